The van der Waals surface area contributed by atoms with Gasteiger partial charge in [-0.3, -0.25) is 0 Å². The van der Waals surface area contributed by atoms with E-state index in [1.807, 2.05) is 0 Å². The maximum atomic E-state index is 11.8. The Morgan fingerprint density at radius 1 is 1.29 bits per heavy atom. The number of rotatable bonds is 3. The van der Waals surface area contributed by atoms with Crippen LogP contribution in [0.15, 0.2) is 33.6 Å². The van der Waals surface area contributed by atoms with Gasteiger partial charge in [-0.1, -0.05) is 0 Å². The average molecular weight is 277 g/mol. The van der Waals surface area contributed by atoms with Crippen LogP contribution in [0.5, 0.6) is 5.75 Å². The van der Waals surface area contributed by atoms with Crippen molar-refractivity contribution in [1.82, 2.24) is 4.90 Å². The lowest BCUT2D eigenvalue weighted by Gasteiger charge is -2.08. The quantitative estimate of drug-likeness (QED) is 0.477. The topological polar surface area (TPSA) is 59.0 Å². The third-order valence-corrected chi connectivity index (χ3v) is 3.73. The first kappa shape index (κ1) is 13.8. The molecule has 0 radical (unpaired) electrons. The SMILES string of the molecule is COc1ccc(S(=O)(=O)/N=C(\Cl)N(C)C)cc1. The van der Waals surface area contributed by atoms with Gasteiger partial charge >= 0.3 is 0 Å². The molecule has 0 amide bonds. The molecule has 94 valence electrons. The third-order valence-electron chi connectivity index (χ3n) is 1.92. The first-order chi connectivity index (χ1) is 7.86. The van der Waals surface area contributed by atoms with Crippen molar-refractivity contribution in [2.24, 2.45) is 4.40 Å². The summed E-state index contributed by atoms with van der Waals surface area (Å²) in [5.41, 5.74) is 0. The Hall–Kier alpha value is -1.27. The van der Waals surface area contributed by atoms with Crippen LogP contribution in [0.3, 0.4) is 0 Å². The van der Waals surface area contributed by atoms with Crippen LogP contribution in [0.4, 0.5) is 0 Å². The molecule has 0 saturated heterocycles. The fourth-order valence-electron chi connectivity index (χ4n) is 0.981. The number of benzene rings is 1. The molecule has 17 heavy (non-hydrogen) atoms. The van der Waals surface area contributed by atoms with E-state index < -0.39 is 10.0 Å². The summed E-state index contributed by atoms with van der Waals surface area (Å²) in [7, 11) is 0.947. The van der Waals surface area contributed by atoms with E-state index in [0.717, 1.165) is 0 Å². The second-order valence-electron chi connectivity index (χ2n) is 3.41. The number of methoxy groups -OCH3 is 1. The van der Waals surface area contributed by atoms with Gasteiger partial charge in [0.15, 0.2) is 0 Å². The molecule has 1 rings (SSSR count). The zero-order valence-corrected chi connectivity index (χ0v) is 11.3. The Kier molecular flexibility index (Phi) is 4.36. The van der Waals surface area contributed by atoms with E-state index in [4.69, 9.17) is 16.3 Å². The van der Waals surface area contributed by atoms with Crippen molar-refractivity contribution in [1.29, 1.82) is 0 Å². The lowest BCUT2D eigenvalue weighted by Crippen LogP contribution is -2.17. The number of hydrogen-bond acceptors (Lipinski definition) is 3. The molecule has 5 nitrogen and oxygen atoms in total. The molecule has 0 fully saturated rings. The van der Waals surface area contributed by atoms with Crippen LogP contribution in [0.25, 0.3) is 0 Å². The van der Waals surface area contributed by atoms with Crippen molar-refractivity contribution in [2.75, 3.05) is 21.2 Å². The second-order valence-corrected chi connectivity index (χ2v) is 5.35. The summed E-state index contributed by atoms with van der Waals surface area (Å²) in [5, 5.41) is -0.0965. The molecule has 0 spiro atoms. The Morgan fingerprint density at radius 2 is 1.82 bits per heavy atom. The zero-order chi connectivity index (χ0) is 13.1. The molecule has 0 aliphatic heterocycles. The van der Waals surface area contributed by atoms with Crippen LogP contribution in [-0.4, -0.2) is 39.8 Å². The second kappa shape index (κ2) is 5.37. The fourth-order valence-corrected chi connectivity index (χ4v) is 2.20. The van der Waals surface area contributed by atoms with Crippen molar-refractivity contribution >= 4 is 26.9 Å². The van der Waals surface area contributed by atoms with Crippen LogP contribution >= 0.6 is 11.6 Å². The smallest absolute Gasteiger partial charge is 0.285 e. The van der Waals surface area contributed by atoms with E-state index in [0.29, 0.717) is 5.75 Å². The number of halogens is 1. The summed E-state index contributed by atoms with van der Waals surface area (Å²) in [5.74, 6) is 0.576. The summed E-state index contributed by atoms with van der Waals surface area (Å²) >= 11 is 5.68. The van der Waals surface area contributed by atoms with Gasteiger partial charge in [0.05, 0.1) is 12.0 Å². The Labute approximate surface area is 106 Å². The highest BCUT2D eigenvalue weighted by Gasteiger charge is 2.14. The predicted molar refractivity (Wildman–Crippen MR) is 67.2 cm³/mol. The minimum absolute atomic E-state index is 0.0679. The molecule has 0 heterocycles. The maximum Gasteiger partial charge on any atom is 0.285 e. The lowest BCUT2D eigenvalue weighted by molar-refractivity contribution is 0.414. The van der Waals surface area contributed by atoms with Crippen molar-refractivity contribution in [3.8, 4) is 5.75 Å². The molecule has 0 aliphatic rings. The van der Waals surface area contributed by atoms with Crippen LogP contribution in [0, 0.1) is 0 Å². The summed E-state index contributed by atoms with van der Waals surface area (Å²) in [6.07, 6.45) is 0. The van der Waals surface area contributed by atoms with E-state index in [-0.39, 0.29) is 10.2 Å². The molecule has 1 aromatic rings. The summed E-state index contributed by atoms with van der Waals surface area (Å²) < 4.78 is 32.0. The molecular formula is C10H13ClN2O3S. The third kappa shape index (κ3) is 3.61. The predicted octanol–water partition coefficient (Wildman–Crippen LogP) is 1.54. The summed E-state index contributed by atoms with van der Waals surface area (Å²) in [6, 6.07) is 5.92. The van der Waals surface area contributed by atoms with Gasteiger partial charge in [0, 0.05) is 14.1 Å². The first-order valence-corrected chi connectivity index (χ1v) is 6.50. The normalized spacial score (nSPS) is 12.4. The Balaban J connectivity index is 3.09. The number of hydrogen-bond donors (Lipinski definition) is 0. The lowest BCUT2D eigenvalue weighted by atomic mass is 10.3. The molecule has 0 aliphatic carbocycles. The van der Waals surface area contributed by atoms with Gasteiger partial charge in [-0.2, -0.15) is 8.42 Å². The minimum Gasteiger partial charge on any atom is -0.497 e. The number of ether oxygens (including phenoxy) is 1. The summed E-state index contributed by atoms with van der Waals surface area (Å²) in [4.78, 5) is 1.47. The van der Waals surface area contributed by atoms with Crippen molar-refractivity contribution < 1.29 is 13.2 Å². The largest absolute Gasteiger partial charge is 0.497 e. The van der Waals surface area contributed by atoms with Gasteiger partial charge in [-0.25, -0.2) is 0 Å². The summed E-state index contributed by atoms with van der Waals surface area (Å²) in [6.45, 7) is 0. The average Bonchev–Trinajstić information content (AvgIpc) is 2.28. The van der Waals surface area contributed by atoms with Crippen LogP contribution < -0.4 is 4.74 Å². The zero-order valence-electron chi connectivity index (χ0n) is 9.71. The minimum atomic E-state index is -3.77. The highest BCUT2D eigenvalue weighted by Crippen LogP contribution is 2.17. The molecule has 0 aromatic heterocycles. The van der Waals surface area contributed by atoms with Gasteiger partial charge in [0.25, 0.3) is 10.0 Å². The first-order valence-electron chi connectivity index (χ1n) is 4.68. The van der Waals surface area contributed by atoms with Gasteiger partial charge in [0.1, 0.15) is 5.75 Å². The van der Waals surface area contributed by atoms with Crippen molar-refractivity contribution in [3.63, 3.8) is 0 Å². The number of sulfonamides is 1. The molecule has 0 atom stereocenters. The molecule has 0 bridgehead atoms. The molecular weight excluding hydrogens is 264 g/mol. The highest BCUT2D eigenvalue weighted by molar-refractivity contribution is 7.90. The molecule has 0 N–H and O–H groups in total. The van der Waals surface area contributed by atoms with E-state index in [1.165, 1.54) is 24.1 Å². The molecule has 7 heteroatoms. The fraction of sp³-hybridized carbons (Fsp3) is 0.300. The van der Waals surface area contributed by atoms with Gasteiger partial charge < -0.3 is 9.64 Å². The van der Waals surface area contributed by atoms with E-state index in [1.54, 1.807) is 26.2 Å². The molecule has 0 saturated carbocycles. The van der Waals surface area contributed by atoms with Crippen LogP contribution in [0.2, 0.25) is 0 Å². The van der Waals surface area contributed by atoms with Crippen LogP contribution in [0.1, 0.15) is 0 Å². The van der Waals surface area contributed by atoms with Gasteiger partial charge in [-0.05, 0) is 35.9 Å². The van der Waals surface area contributed by atoms with Crippen LogP contribution in [-0.2, 0) is 10.0 Å². The van der Waals surface area contributed by atoms with E-state index in [2.05, 4.69) is 4.40 Å². The molecule has 0 unspecified atom stereocenters. The van der Waals surface area contributed by atoms with Crippen molar-refractivity contribution in [3.05, 3.63) is 24.3 Å². The molecule has 1 aromatic carbocycles. The van der Waals surface area contributed by atoms with Gasteiger partial charge in [-0.15, -0.1) is 4.40 Å². The van der Waals surface area contributed by atoms with E-state index in [9.17, 15) is 8.42 Å². The number of amidine groups is 1. The Morgan fingerprint density at radius 3 is 2.24 bits per heavy atom. The highest BCUT2D eigenvalue weighted by atomic mass is 35.5. The van der Waals surface area contributed by atoms with E-state index >= 15 is 0 Å². The monoisotopic (exact) mass is 276 g/mol. The number of nitrogens with zero attached hydrogens (tertiary/aromatic N) is 2. The van der Waals surface area contributed by atoms with Crippen molar-refractivity contribution in [2.45, 2.75) is 4.90 Å². The Bertz CT molecular complexity index is 509. The maximum absolute atomic E-state index is 11.8. The standard InChI is InChI=1S/C10H13ClN2O3S/c1-13(2)10(11)12-17(14,15)9-6-4-8(16-3)5-7-9/h4-7H,1-3H3/b12-10+. The van der Waals surface area contributed by atoms with Gasteiger partial charge in [0.2, 0.25) is 5.29 Å².